The first-order chi connectivity index (χ1) is 6.34. The molecule has 1 atom stereocenters. The summed E-state index contributed by atoms with van der Waals surface area (Å²) in [5.41, 5.74) is 1.15. The first kappa shape index (κ1) is 17.8. The van der Waals surface area contributed by atoms with E-state index in [1.807, 2.05) is 31.2 Å². The molecule has 1 aromatic carbocycles. The summed E-state index contributed by atoms with van der Waals surface area (Å²) in [4.78, 5) is 0. The van der Waals surface area contributed by atoms with E-state index >= 15 is 0 Å². The zero-order valence-corrected chi connectivity index (χ0v) is 12.2. The Morgan fingerprint density at radius 3 is 2.67 bits per heavy atom. The quantitative estimate of drug-likeness (QED) is 0.385. The molecule has 1 aromatic rings. The summed E-state index contributed by atoms with van der Waals surface area (Å²) in [5, 5.41) is 0. The molecule has 0 aromatic heterocycles. The summed E-state index contributed by atoms with van der Waals surface area (Å²) < 4.78 is 10.4. The Kier molecular flexibility index (Phi) is 12.9. The van der Waals surface area contributed by atoms with E-state index < -0.39 is 0 Å². The minimum atomic E-state index is 0. The molecule has 0 bridgehead atoms. The fourth-order valence-electron chi connectivity index (χ4n) is 1.06. The SMILES string of the molecule is COCCO[C@H](C)c1c[c-]ccc1.[Br-].[Mg+2]. The molecule has 15 heavy (non-hydrogen) atoms. The van der Waals surface area contributed by atoms with Gasteiger partial charge >= 0.3 is 23.1 Å². The molecule has 1 rings (SSSR count). The molecule has 0 heterocycles. The van der Waals surface area contributed by atoms with E-state index in [0.29, 0.717) is 13.2 Å². The van der Waals surface area contributed by atoms with Crippen LogP contribution in [0.5, 0.6) is 0 Å². The second-order valence-electron chi connectivity index (χ2n) is 2.84. The van der Waals surface area contributed by atoms with Gasteiger partial charge in [-0.25, -0.2) is 0 Å². The smallest absolute Gasteiger partial charge is 1.00 e. The summed E-state index contributed by atoms with van der Waals surface area (Å²) in [6.45, 7) is 3.30. The van der Waals surface area contributed by atoms with Crippen LogP contribution in [0.2, 0.25) is 0 Å². The molecule has 0 saturated carbocycles. The Labute approximate surface area is 118 Å². The first-order valence-corrected chi connectivity index (χ1v) is 4.41. The predicted octanol–water partition coefficient (Wildman–Crippen LogP) is -1.17. The third-order valence-corrected chi connectivity index (χ3v) is 1.86. The summed E-state index contributed by atoms with van der Waals surface area (Å²) in [6.07, 6.45) is 0.118. The van der Waals surface area contributed by atoms with Crippen LogP contribution in [0.15, 0.2) is 24.3 Å². The molecule has 0 saturated heterocycles. The number of rotatable bonds is 5. The van der Waals surface area contributed by atoms with Crippen LogP contribution in [0.3, 0.4) is 0 Å². The summed E-state index contributed by atoms with van der Waals surface area (Å²) in [5.74, 6) is 0. The van der Waals surface area contributed by atoms with E-state index in [1.54, 1.807) is 7.11 Å². The van der Waals surface area contributed by atoms with Crippen molar-refractivity contribution in [2.24, 2.45) is 0 Å². The van der Waals surface area contributed by atoms with Crippen LogP contribution in [-0.4, -0.2) is 43.4 Å². The molecule has 0 N–H and O–H groups in total. The number of benzene rings is 1. The second-order valence-corrected chi connectivity index (χ2v) is 2.84. The van der Waals surface area contributed by atoms with E-state index in [4.69, 9.17) is 9.47 Å². The number of ether oxygens (including phenoxy) is 2. The molecule has 0 aliphatic carbocycles. The molecular formula is C11H15BrMgO2. The Bertz CT molecular complexity index is 231. The van der Waals surface area contributed by atoms with Crippen LogP contribution in [0.1, 0.15) is 18.6 Å². The number of hydrogen-bond acceptors (Lipinski definition) is 2. The monoisotopic (exact) mass is 282 g/mol. The minimum absolute atomic E-state index is 0. The van der Waals surface area contributed by atoms with Crippen LogP contribution in [0.25, 0.3) is 0 Å². The molecule has 80 valence electrons. The van der Waals surface area contributed by atoms with Crippen molar-refractivity contribution in [2.45, 2.75) is 13.0 Å². The maximum atomic E-state index is 5.52. The van der Waals surface area contributed by atoms with Gasteiger partial charge in [0.1, 0.15) is 0 Å². The molecule has 0 radical (unpaired) electrons. The Balaban J connectivity index is 0. The normalized spacial score (nSPS) is 11.1. The molecule has 0 aliphatic heterocycles. The van der Waals surface area contributed by atoms with Crippen molar-refractivity contribution in [1.82, 2.24) is 0 Å². The fraction of sp³-hybridized carbons (Fsp3) is 0.455. The van der Waals surface area contributed by atoms with Crippen molar-refractivity contribution in [3.63, 3.8) is 0 Å². The Morgan fingerprint density at radius 2 is 2.13 bits per heavy atom. The van der Waals surface area contributed by atoms with Gasteiger partial charge in [0.15, 0.2) is 0 Å². The van der Waals surface area contributed by atoms with Crippen LogP contribution >= 0.6 is 0 Å². The van der Waals surface area contributed by atoms with Gasteiger partial charge in [-0.1, -0.05) is 0 Å². The van der Waals surface area contributed by atoms with Gasteiger partial charge < -0.3 is 26.5 Å². The summed E-state index contributed by atoms with van der Waals surface area (Å²) >= 11 is 0. The maximum Gasteiger partial charge on any atom is 2.00 e. The van der Waals surface area contributed by atoms with Crippen molar-refractivity contribution in [2.75, 3.05) is 20.3 Å². The molecule has 0 fully saturated rings. The molecule has 4 heteroatoms. The molecule has 0 spiro atoms. The fourth-order valence-corrected chi connectivity index (χ4v) is 1.06. The van der Waals surface area contributed by atoms with E-state index in [0.717, 1.165) is 5.56 Å². The molecule has 2 nitrogen and oxygen atoms in total. The van der Waals surface area contributed by atoms with Crippen molar-refractivity contribution >= 4 is 23.1 Å². The van der Waals surface area contributed by atoms with Gasteiger partial charge in [0, 0.05) is 13.2 Å². The third kappa shape index (κ3) is 7.30. The maximum absolute atomic E-state index is 5.52. The largest absolute Gasteiger partial charge is 2.00 e. The van der Waals surface area contributed by atoms with Crippen LogP contribution in [0, 0.1) is 6.07 Å². The molecular weight excluding hydrogens is 268 g/mol. The summed E-state index contributed by atoms with van der Waals surface area (Å²) in [7, 11) is 1.67. The van der Waals surface area contributed by atoms with Crippen LogP contribution in [-0.2, 0) is 9.47 Å². The Hall–Kier alpha value is 0.386. The van der Waals surface area contributed by atoms with Crippen molar-refractivity contribution in [3.05, 3.63) is 35.9 Å². The van der Waals surface area contributed by atoms with Crippen molar-refractivity contribution in [1.29, 1.82) is 0 Å². The molecule has 0 aliphatic rings. The van der Waals surface area contributed by atoms with Gasteiger partial charge in [0.2, 0.25) is 0 Å². The number of methoxy groups -OCH3 is 1. The van der Waals surface area contributed by atoms with E-state index in [2.05, 4.69) is 6.07 Å². The molecule has 0 unspecified atom stereocenters. The van der Waals surface area contributed by atoms with Crippen LogP contribution < -0.4 is 17.0 Å². The average molecular weight is 283 g/mol. The number of halogens is 1. The summed E-state index contributed by atoms with van der Waals surface area (Å²) in [6, 6.07) is 10.8. The van der Waals surface area contributed by atoms with E-state index in [-0.39, 0.29) is 46.1 Å². The van der Waals surface area contributed by atoms with Gasteiger partial charge in [0.25, 0.3) is 0 Å². The van der Waals surface area contributed by atoms with E-state index in [1.165, 1.54) is 0 Å². The standard InChI is InChI=1S/C11H15O2.BrH.Mg/c1-10(13-9-8-12-2)11-6-4-3-5-7-11;;/h3-4,6-7,10H,8-9H2,1-2H3;1H;/q-1;;+2/p-1/t10-;;/m1../s1. The van der Waals surface area contributed by atoms with Gasteiger partial charge in [-0.05, 0) is 6.92 Å². The minimum Gasteiger partial charge on any atom is -1.00 e. The van der Waals surface area contributed by atoms with Crippen LogP contribution in [0.4, 0.5) is 0 Å². The Morgan fingerprint density at radius 1 is 1.40 bits per heavy atom. The van der Waals surface area contributed by atoms with Crippen molar-refractivity contribution < 1.29 is 26.5 Å². The van der Waals surface area contributed by atoms with E-state index in [9.17, 15) is 0 Å². The van der Waals surface area contributed by atoms with Gasteiger partial charge in [-0.2, -0.15) is 30.3 Å². The van der Waals surface area contributed by atoms with Gasteiger partial charge in [-0.3, -0.25) is 0 Å². The molecule has 0 amide bonds. The second kappa shape index (κ2) is 10.9. The topological polar surface area (TPSA) is 18.5 Å². The van der Waals surface area contributed by atoms with Gasteiger partial charge in [-0.15, -0.1) is 5.56 Å². The van der Waals surface area contributed by atoms with Crippen molar-refractivity contribution in [3.8, 4) is 0 Å². The first-order valence-electron chi connectivity index (χ1n) is 4.41. The predicted molar refractivity (Wildman–Crippen MR) is 57.3 cm³/mol. The zero-order chi connectivity index (χ0) is 9.52. The number of hydrogen-bond donors (Lipinski definition) is 0. The third-order valence-electron chi connectivity index (χ3n) is 1.86. The zero-order valence-electron chi connectivity index (χ0n) is 9.20. The van der Waals surface area contributed by atoms with Gasteiger partial charge in [0.05, 0.1) is 13.2 Å². The average Bonchev–Trinajstić information content (AvgIpc) is 2.19.